The number of amides is 2. The van der Waals surface area contributed by atoms with Gasteiger partial charge in [-0.3, -0.25) is 14.5 Å². The molecule has 2 unspecified atom stereocenters. The van der Waals surface area contributed by atoms with E-state index in [9.17, 15) is 19.8 Å². The highest BCUT2D eigenvalue weighted by molar-refractivity contribution is 6.21. The van der Waals surface area contributed by atoms with Crippen LogP contribution in [0, 0.1) is 5.92 Å². The molecule has 2 aromatic carbocycles. The van der Waals surface area contributed by atoms with Gasteiger partial charge in [-0.05, 0) is 68.6 Å². The summed E-state index contributed by atoms with van der Waals surface area (Å²) in [5.41, 5.74) is 8.55. The number of benzene rings is 2. The molecule has 0 spiro atoms. The summed E-state index contributed by atoms with van der Waals surface area (Å²) in [6.07, 6.45) is 2.91. The molecule has 3 heterocycles. The number of imide groups is 1. The van der Waals surface area contributed by atoms with Gasteiger partial charge >= 0.3 is 0 Å². The van der Waals surface area contributed by atoms with Crippen molar-refractivity contribution < 1.29 is 24.5 Å². The van der Waals surface area contributed by atoms with Gasteiger partial charge in [-0.1, -0.05) is 18.2 Å². The molecule has 0 saturated carbocycles. The van der Waals surface area contributed by atoms with E-state index < -0.39 is 0 Å². The molecule has 4 N–H and O–H groups in total. The molecule has 0 aliphatic carbocycles. The Bertz CT molecular complexity index is 1060. The number of phenolic OH excluding ortho intramolecular Hbond substituents is 2. The van der Waals surface area contributed by atoms with E-state index in [0.29, 0.717) is 36.6 Å². The Morgan fingerprint density at radius 2 is 1.65 bits per heavy atom. The van der Waals surface area contributed by atoms with E-state index in [1.807, 2.05) is 0 Å². The molecule has 3 aliphatic heterocycles. The minimum absolute atomic E-state index is 0.0470. The summed E-state index contributed by atoms with van der Waals surface area (Å²) < 4.78 is 6.32. The molecule has 2 amide bonds. The van der Waals surface area contributed by atoms with Crippen LogP contribution in [-0.2, 0) is 11.2 Å². The molecule has 2 atom stereocenters. The fourth-order valence-electron chi connectivity index (χ4n) is 5.59. The number of carbonyl (C=O) groups is 2. The monoisotopic (exact) mass is 465 g/mol. The van der Waals surface area contributed by atoms with Crippen molar-refractivity contribution in [3.8, 4) is 11.5 Å². The van der Waals surface area contributed by atoms with Crippen molar-refractivity contribution in [3.05, 3.63) is 58.7 Å². The molecule has 8 nitrogen and oxygen atoms in total. The molecule has 2 aromatic rings. The average molecular weight is 466 g/mol. The van der Waals surface area contributed by atoms with E-state index in [0.717, 1.165) is 50.0 Å². The first-order chi connectivity index (χ1) is 16.5. The minimum Gasteiger partial charge on any atom is -0.504 e. The van der Waals surface area contributed by atoms with Crippen LogP contribution in [0.4, 0.5) is 0 Å². The largest absolute Gasteiger partial charge is 0.504 e. The maximum atomic E-state index is 12.5. The number of hydrogen-bond donors (Lipinski definition) is 3. The van der Waals surface area contributed by atoms with E-state index in [2.05, 4.69) is 4.90 Å². The van der Waals surface area contributed by atoms with Gasteiger partial charge in [0.05, 0.1) is 23.3 Å². The van der Waals surface area contributed by atoms with Crippen molar-refractivity contribution in [1.29, 1.82) is 0 Å². The first-order valence-corrected chi connectivity index (χ1v) is 12.0. The predicted molar refractivity (Wildman–Crippen MR) is 126 cm³/mol. The quantitative estimate of drug-likeness (QED) is 0.443. The number of phenols is 2. The molecule has 5 rings (SSSR count). The normalized spacial score (nSPS) is 23.3. The molecule has 180 valence electrons. The Labute approximate surface area is 198 Å². The Morgan fingerprint density at radius 1 is 0.971 bits per heavy atom. The highest BCUT2D eigenvalue weighted by atomic mass is 16.5. The number of piperidine rings is 1. The Kier molecular flexibility index (Phi) is 6.29. The molecular formula is C26H31N3O5. The third kappa shape index (κ3) is 4.06. The summed E-state index contributed by atoms with van der Waals surface area (Å²) in [6.45, 7) is 3.41. The standard InChI is InChI=1S/C26H31N3O5/c27-15-23-17-6-7-21(30)24(31)20(17)14-22(34-23)16-8-12-28(13-9-16)10-3-11-29-25(32)18-4-1-2-5-19(18)26(29)33/h1-2,4-7,16,22-23,30-31H,3,8-15,27H2. The fourth-order valence-corrected chi connectivity index (χ4v) is 5.59. The molecule has 0 radical (unpaired) electrons. The molecule has 0 aromatic heterocycles. The van der Waals surface area contributed by atoms with Crippen molar-refractivity contribution in [1.82, 2.24) is 9.80 Å². The lowest BCUT2D eigenvalue weighted by Crippen LogP contribution is -2.43. The molecule has 0 bridgehead atoms. The Balaban J connectivity index is 1.13. The zero-order chi connectivity index (χ0) is 23.8. The number of fused-ring (bicyclic) bond motifs is 2. The summed E-state index contributed by atoms with van der Waals surface area (Å²) in [5.74, 6) is -0.218. The highest BCUT2D eigenvalue weighted by Gasteiger charge is 2.37. The summed E-state index contributed by atoms with van der Waals surface area (Å²) in [7, 11) is 0. The van der Waals surface area contributed by atoms with Crippen molar-refractivity contribution in [3.63, 3.8) is 0 Å². The SMILES string of the molecule is NCC1OC(C2CCN(CCCN3C(=O)c4ccccc4C3=O)CC2)Cc2c1ccc(O)c2O. The van der Waals surface area contributed by atoms with Crippen LogP contribution in [0.3, 0.4) is 0 Å². The second-order valence-electron chi connectivity index (χ2n) is 9.44. The van der Waals surface area contributed by atoms with Gasteiger partial charge in [-0.15, -0.1) is 0 Å². The predicted octanol–water partition coefficient (Wildman–Crippen LogP) is 2.44. The van der Waals surface area contributed by atoms with Gasteiger partial charge in [0.25, 0.3) is 11.8 Å². The molecular weight excluding hydrogens is 434 g/mol. The fraction of sp³-hybridized carbons (Fsp3) is 0.462. The number of rotatable bonds is 6. The molecule has 34 heavy (non-hydrogen) atoms. The van der Waals surface area contributed by atoms with E-state index in [-0.39, 0.29) is 35.5 Å². The number of carbonyl (C=O) groups excluding carboxylic acids is 2. The van der Waals surface area contributed by atoms with Crippen LogP contribution in [0.15, 0.2) is 36.4 Å². The second kappa shape index (κ2) is 9.37. The Morgan fingerprint density at radius 3 is 2.29 bits per heavy atom. The van der Waals surface area contributed by atoms with Gasteiger partial charge in [0.15, 0.2) is 11.5 Å². The van der Waals surface area contributed by atoms with E-state index >= 15 is 0 Å². The van der Waals surface area contributed by atoms with Crippen molar-refractivity contribution in [2.24, 2.45) is 11.7 Å². The molecule has 3 aliphatic rings. The van der Waals surface area contributed by atoms with Crippen molar-refractivity contribution in [2.45, 2.75) is 37.9 Å². The minimum atomic E-state index is -0.280. The highest BCUT2D eigenvalue weighted by Crippen LogP contribution is 2.42. The smallest absolute Gasteiger partial charge is 0.261 e. The van der Waals surface area contributed by atoms with Gasteiger partial charge in [0.2, 0.25) is 0 Å². The van der Waals surface area contributed by atoms with Gasteiger partial charge in [0.1, 0.15) is 0 Å². The summed E-state index contributed by atoms with van der Waals surface area (Å²) >= 11 is 0. The number of nitrogens with zero attached hydrogens (tertiary/aromatic N) is 2. The molecule has 1 fully saturated rings. The summed E-state index contributed by atoms with van der Waals surface area (Å²) in [4.78, 5) is 28.8. The van der Waals surface area contributed by atoms with Crippen LogP contribution in [-0.4, -0.2) is 70.7 Å². The number of hydrogen-bond acceptors (Lipinski definition) is 7. The van der Waals surface area contributed by atoms with Gasteiger partial charge < -0.3 is 25.6 Å². The number of aromatic hydroxyl groups is 2. The van der Waals surface area contributed by atoms with E-state index in [4.69, 9.17) is 10.5 Å². The lowest BCUT2D eigenvalue weighted by atomic mass is 9.83. The lowest BCUT2D eigenvalue weighted by Gasteiger charge is -2.40. The first kappa shape index (κ1) is 22.8. The number of likely N-dealkylation sites (tertiary alicyclic amines) is 1. The maximum absolute atomic E-state index is 12.5. The second-order valence-corrected chi connectivity index (χ2v) is 9.44. The maximum Gasteiger partial charge on any atom is 0.261 e. The molecule has 8 heteroatoms. The third-order valence-electron chi connectivity index (χ3n) is 7.50. The zero-order valence-corrected chi connectivity index (χ0v) is 19.2. The van der Waals surface area contributed by atoms with E-state index in [1.54, 1.807) is 30.3 Å². The van der Waals surface area contributed by atoms with E-state index in [1.165, 1.54) is 11.0 Å². The van der Waals surface area contributed by atoms with Crippen LogP contribution in [0.25, 0.3) is 0 Å². The van der Waals surface area contributed by atoms with Gasteiger partial charge in [-0.2, -0.15) is 0 Å². The van der Waals surface area contributed by atoms with Crippen LogP contribution in [0.1, 0.15) is 57.2 Å². The summed E-state index contributed by atoms with van der Waals surface area (Å²) in [6, 6.07) is 10.3. The zero-order valence-electron chi connectivity index (χ0n) is 19.2. The Hall–Kier alpha value is -2.94. The van der Waals surface area contributed by atoms with Crippen LogP contribution in [0.2, 0.25) is 0 Å². The third-order valence-corrected chi connectivity index (χ3v) is 7.50. The van der Waals surface area contributed by atoms with Crippen LogP contribution in [0.5, 0.6) is 11.5 Å². The topological polar surface area (TPSA) is 116 Å². The lowest BCUT2D eigenvalue weighted by molar-refractivity contribution is -0.0648. The van der Waals surface area contributed by atoms with Crippen molar-refractivity contribution >= 4 is 11.8 Å². The number of ether oxygens (including phenoxy) is 1. The number of nitrogens with two attached hydrogens (primary N) is 1. The van der Waals surface area contributed by atoms with Gasteiger partial charge in [-0.25, -0.2) is 0 Å². The average Bonchev–Trinajstić information content (AvgIpc) is 3.11. The molecule has 1 saturated heterocycles. The summed E-state index contributed by atoms with van der Waals surface area (Å²) in [5, 5.41) is 20.3. The van der Waals surface area contributed by atoms with Crippen LogP contribution < -0.4 is 5.73 Å². The first-order valence-electron chi connectivity index (χ1n) is 12.0. The van der Waals surface area contributed by atoms with Gasteiger partial charge in [0, 0.05) is 25.1 Å². The van der Waals surface area contributed by atoms with Crippen LogP contribution >= 0.6 is 0 Å². The van der Waals surface area contributed by atoms with Crippen molar-refractivity contribution in [2.75, 3.05) is 32.7 Å².